The lowest BCUT2D eigenvalue weighted by atomic mass is 10.1. The van der Waals surface area contributed by atoms with Crippen molar-refractivity contribution in [2.45, 2.75) is 13.3 Å². The summed E-state index contributed by atoms with van der Waals surface area (Å²) in [6.45, 7) is 2.05. The van der Waals surface area contributed by atoms with Gasteiger partial charge in [-0.3, -0.25) is 9.78 Å². The Hall–Kier alpha value is -2.36. The van der Waals surface area contributed by atoms with Gasteiger partial charge in [0.25, 0.3) is 5.91 Å². The van der Waals surface area contributed by atoms with E-state index in [0.29, 0.717) is 5.69 Å². The maximum atomic E-state index is 11.7. The third-order valence-corrected chi connectivity index (χ3v) is 2.68. The molecule has 0 radical (unpaired) electrons. The van der Waals surface area contributed by atoms with Crippen LogP contribution in [-0.4, -0.2) is 17.5 Å². The first-order valence-electron chi connectivity index (χ1n) is 6.20. The molecule has 4 nitrogen and oxygen atoms in total. The third-order valence-electron chi connectivity index (χ3n) is 2.68. The topological polar surface area (TPSA) is 51.2 Å². The molecule has 0 saturated heterocycles. The van der Waals surface area contributed by atoms with Crippen LogP contribution in [-0.2, 0) is 11.2 Å². The van der Waals surface area contributed by atoms with Gasteiger partial charge in [0.2, 0.25) is 0 Å². The number of nitrogens with zero attached hydrogens (tertiary/aromatic N) is 1. The maximum Gasteiger partial charge on any atom is 0.262 e. The van der Waals surface area contributed by atoms with Crippen molar-refractivity contribution in [3.63, 3.8) is 0 Å². The van der Waals surface area contributed by atoms with Gasteiger partial charge in [0, 0.05) is 18.1 Å². The fourth-order valence-corrected chi connectivity index (χ4v) is 1.71. The first-order chi connectivity index (χ1) is 9.29. The summed E-state index contributed by atoms with van der Waals surface area (Å²) < 4.78 is 5.53. The molecule has 2 rings (SSSR count). The van der Waals surface area contributed by atoms with Crippen molar-refractivity contribution in [1.82, 2.24) is 4.98 Å². The molecule has 0 fully saturated rings. The lowest BCUT2D eigenvalue weighted by Gasteiger charge is -2.10. The number of hydrogen-bond donors (Lipinski definition) is 1. The molecular weight excluding hydrogens is 240 g/mol. The largest absolute Gasteiger partial charge is 0.483 e. The molecule has 0 saturated carbocycles. The second-order valence-electron chi connectivity index (χ2n) is 4.03. The Morgan fingerprint density at radius 3 is 2.68 bits per heavy atom. The average molecular weight is 256 g/mol. The predicted molar refractivity (Wildman–Crippen MR) is 74.2 cm³/mol. The van der Waals surface area contributed by atoms with Crippen LogP contribution in [0.15, 0.2) is 48.8 Å². The van der Waals surface area contributed by atoms with Gasteiger partial charge in [-0.05, 0) is 30.2 Å². The molecule has 0 aliphatic rings. The van der Waals surface area contributed by atoms with E-state index in [1.54, 1.807) is 24.5 Å². The monoisotopic (exact) mass is 256 g/mol. The van der Waals surface area contributed by atoms with E-state index in [2.05, 4.69) is 17.2 Å². The molecule has 1 N–H and O–H groups in total. The average Bonchev–Trinajstić information content (AvgIpc) is 2.46. The zero-order valence-corrected chi connectivity index (χ0v) is 10.8. The van der Waals surface area contributed by atoms with Gasteiger partial charge in [0.15, 0.2) is 6.61 Å². The third kappa shape index (κ3) is 3.81. The summed E-state index contributed by atoms with van der Waals surface area (Å²) in [5.74, 6) is 0.576. The summed E-state index contributed by atoms with van der Waals surface area (Å²) in [6, 6.07) is 11.2. The molecule has 0 aliphatic heterocycles. The van der Waals surface area contributed by atoms with Gasteiger partial charge in [-0.2, -0.15) is 0 Å². The van der Waals surface area contributed by atoms with Crippen molar-refractivity contribution in [1.29, 1.82) is 0 Å². The molecule has 4 heteroatoms. The number of aryl methyl sites for hydroxylation is 1. The Balaban J connectivity index is 1.90. The molecular formula is C15H16N2O2. The fraction of sp³-hybridized carbons (Fsp3) is 0.200. The Bertz CT molecular complexity index is 541. The van der Waals surface area contributed by atoms with Crippen LogP contribution in [0.4, 0.5) is 5.69 Å². The summed E-state index contributed by atoms with van der Waals surface area (Å²) in [5.41, 5.74) is 1.81. The van der Waals surface area contributed by atoms with Gasteiger partial charge < -0.3 is 10.1 Å². The second-order valence-corrected chi connectivity index (χ2v) is 4.03. The Kier molecular flexibility index (Phi) is 4.50. The lowest BCUT2D eigenvalue weighted by Crippen LogP contribution is -2.20. The van der Waals surface area contributed by atoms with E-state index in [1.807, 2.05) is 24.3 Å². The summed E-state index contributed by atoms with van der Waals surface area (Å²) in [7, 11) is 0. The minimum Gasteiger partial charge on any atom is -0.483 e. The quantitative estimate of drug-likeness (QED) is 0.894. The highest BCUT2D eigenvalue weighted by Crippen LogP contribution is 2.18. The predicted octanol–water partition coefficient (Wildman–Crippen LogP) is 2.66. The van der Waals surface area contributed by atoms with E-state index >= 15 is 0 Å². The van der Waals surface area contributed by atoms with Crippen molar-refractivity contribution >= 4 is 11.6 Å². The van der Waals surface area contributed by atoms with Crippen LogP contribution in [0.5, 0.6) is 5.75 Å². The molecule has 2 aromatic rings. The van der Waals surface area contributed by atoms with Crippen LogP contribution in [0, 0.1) is 0 Å². The number of pyridine rings is 1. The number of benzene rings is 1. The van der Waals surface area contributed by atoms with Gasteiger partial charge in [-0.15, -0.1) is 0 Å². The number of carbonyl (C=O) groups is 1. The number of amides is 1. The molecule has 1 aromatic heterocycles. The minimum atomic E-state index is -0.183. The van der Waals surface area contributed by atoms with Crippen molar-refractivity contribution in [3.05, 3.63) is 54.4 Å². The van der Waals surface area contributed by atoms with Crippen LogP contribution < -0.4 is 10.1 Å². The van der Waals surface area contributed by atoms with E-state index < -0.39 is 0 Å². The fourth-order valence-electron chi connectivity index (χ4n) is 1.71. The van der Waals surface area contributed by atoms with Crippen molar-refractivity contribution in [2.24, 2.45) is 0 Å². The van der Waals surface area contributed by atoms with Crippen molar-refractivity contribution in [2.75, 3.05) is 11.9 Å². The molecule has 1 heterocycles. The van der Waals surface area contributed by atoms with Gasteiger partial charge in [-0.1, -0.05) is 25.1 Å². The SMILES string of the molecule is CCc1ccccc1OCC(=O)Nc1ccncc1. The lowest BCUT2D eigenvalue weighted by molar-refractivity contribution is -0.118. The number of ether oxygens (including phenoxy) is 1. The number of aromatic nitrogens is 1. The summed E-state index contributed by atoms with van der Waals surface area (Å²) >= 11 is 0. The normalized spacial score (nSPS) is 9.95. The van der Waals surface area contributed by atoms with Crippen LogP contribution in [0.25, 0.3) is 0 Å². The highest BCUT2D eigenvalue weighted by Gasteiger charge is 2.05. The standard InChI is InChI=1S/C15H16N2O2/c1-2-12-5-3-4-6-14(12)19-11-15(18)17-13-7-9-16-10-8-13/h3-10H,2,11H2,1H3,(H,16,17,18). The number of hydrogen-bond acceptors (Lipinski definition) is 3. The van der Waals surface area contributed by atoms with Gasteiger partial charge in [-0.25, -0.2) is 0 Å². The smallest absolute Gasteiger partial charge is 0.262 e. The molecule has 1 aromatic carbocycles. The summed E-state index contributed by atoms with van der Waals surface area (Å²) in [5, 5.41) is 2.75. The Morgan fingerprint density at radius 1 is 1.21 bits per heavy atom. The van der Waals surface area contributed by atoms with Gasteiger partial charge in [0.05, 0.1) is 0 Å². The minimum absolute atomic E-state index is 0.000659. The van der Waals surface area contributed by atoms with Crippen molar-refractivity contribution < 1.29 is 9.53 Å². The highest BCUT2D eigenvalue weighted by molar-refractivity contribution is 5.91. The molecule has 0 aliphatic carbocycles. The number of para-hydroxylation sites is 1. The molecule has 19 heavy (non-hydrogen) atoms. The van der Waals surface area contributed by atoms with Gasteiger partial charge in [0.1, 0.15) is 5.75 Å². The van der Waals surface area contributed by atoms with E-state index in [0.717, 1.165) is 17.7 Å². The number of nitrogens with one attached hydrogen (secondary N) is 1. The van der Waals surface area contributed by atoms with Crippen LogP contribution in [0.2, 0.25) is 0 Å². The van der Waals surface area contributed by atoms with Crippen LogP contribution >= 0.6 is 0 Å². The first-order valence-corrected chi connectivity index (χ1v) is 6.20. The van der Waals surface area contributed by atoms with E-state index in [-0.39, 0.29) is 12.5 Å². The first kappa shape index (κ1) is 13.1. The molecule has 1 amide bonds. The second kappa shape index (κ2) is 6.54. The van der Waals surface area contributed by atoms with Crippen molar-refractivity contribution in [3.8, 4) is 5.75 Å². The Morgan fingerprint density at radius 2 is 1.95 bits per heavy atom. The zero-order valence-electron chi connectivity index (χ0n) is 10.8. The van der Waals surface area contributed by atoms with Crippen LogP contribution in [0.1, 0.15) is 12.5 Å². The molecule has 0 spiro atoms. The molecule has 0 atom stereocenters. The van der Waals surface area contributed by atoms with E-state index in [1.165, 1.54) is 0 Å². The molecule has 0 bridgehead atoms. The van der Waals surface area contributed by atoms with E-state index in [9.17, 15) is 4.79 Å². The van der Waals surface area contributed by atoms with Gasteiger partial charge >= 0.3 is 0 Å². The molecule has 98 valence electrons. The zero-order chi connectivity index (χ0) is 13.5. The summed E-state index contributed by atoms with van der Waals surface area (Å²) in [6.07, 6.45) is 4.13. The summed E-state index contributed by atoms with van der Waals surface area (Å²) in [4.78, 5) is 15.6. The number of anilines is 1. The molecule has 0 unspecified atom stereocenters. The van der Waals surface area contributed by atoms with Crippen LogP contribution in [0.3, 0.4) is 0 Å². The Labute approximate surface area is 112 Å². The number of carbonyl (C=O) groups excluding carboxylic acids is 1. The van der Waals surface area contributed by atoms with E-state index in [4.69, 9.17) is 4.74 Å². The maximum absolute atomic E-state index is 11.7. The number of rotatable bonds is 5. The highest BCUT2D eigenvalue weighted by atomic mass is 16.5.